The Morgan fingerprint density at radius 1 is 1.60 bits per heavy atom. The van der Waals surface area contributed by atoms with Gasteiger partial charge in [0.25, 0.3) is 0 Å². The molecule has 110 valence electrons. The number of rotatable bonds is 4. The van der Waals surface area contributed by atoms with Crippen LogP contribution in [0, 0.1) is 10.1 Å². The molecule has 2 rings (SSSR count). The lowest BCUT2D eigenvalue weighted by atomic mass is 10.1. The number of aliphatic imine (C=N–C) groups is 1. The Labute approximate surface area is 116 Å². The van der Waals surface area contributed by atoms with Gasteiger partial charge in [0, 0.05) is 19.6 Å². The topological polar surface area (TPSA) is 96.8 Å². The Morgan fingerprint density at radius 3 is 2.90 bits per heavy atom. The summed E-state index contributed by atoms with van der Waals surface area (Å²) >= 11 is 0. The molecule has 1 aromatic heterocycles. The number of hydrogen-bond acceptors (Lipinski definition) is 6. The molecule has 0 spiro atoms. The average molecular weight is 281 g/mol. The third-order valence-electron chi connectivity index (χ3n) is 3.66. The number of aliphatic hydroxyl groups excluding tert-OH is 1. The highest BCUT2D eigenvalue weighted by Crippen LogP contribution is 2.30. The summed E-state index contributed by atoms with van der Waals surface area (Å²) in [4.78, 5) is 16.5. The lowest BCUT2D eigenvalue weighted by Gasteiger charge is -2.22. The van der Waals surface area contributed by atoms with Crippen LogP contribution in [-0.4, -0.2) is 51.8 Å². The minimum absolute atomic E-state index is 0.00588. The third kappa shape index (κ3) is 2.64. The highest BCUT2D eigenvalue weighted by atomic mass is 16.6. The Bertz CT molecular complexity index is 501. The minimum atomic E-state index is -0.547. The standard InChI is InChI=1S/C12H19N5O3/c1-3-16-12(10(8-14-16)17(19)20)15-6-4-9(13-2)11(18)5-7-15/h8-9,11,18H,2-7H2,1H3/t9-,11+/m0/s1. The van der Waals surface area contributed by atoms with E-state index in [0.29, 0.717) is 38.3 Å². The summed E-state index contributed by atoms with van der Waals surface area (Å²) in [6.07, 6.45) is 1.87. The smallest absolute Gasteiger partial charge is 0.331 e. The quantitative estimate of drug-likeness (QED) is 0.501. The fourth-order valence-corrected chi connectivity index (χ4v) is 2.55. The summed E-state index contributed by atoms with van der Waals surface area (Å²) in [6.45, 7) is 7.07. The van der Waals surface area contributed by atoms with Crippen molar-refractivity contribution < 1.29 is 10.0 Å². The van der Waals surface area contributed by atoms with Crippen molar-refractivity contribution >= 4 is 18.2 Å². The lowest BCUT2D eigenvalue weighted by Crippen LogP contribution is -2.28. The van der Waals surface area contributed by atoms with Gasteiger partial charge in [-0.15, -0.1) is 0 Å². The molecule has 1 N–H and O–H groups in total. The van der Waals surface area contributed by atoms with Crippen molar-refractivity contribution in [3.63, 3.8) is 0 Å². The molecule has 1 aliphatic heterocycles. The maximum atomic E-state index is 11.1. The van der Waals surface area contributed by atoms with Gasteiger partial charge in [-0.2, -0.15) is 5.10 Å². The van der Waals surface area contributed by atoms with Crippen LogP contribution in [0.25, 0.3) is 0 Å². The van der Waals surface area contributed by atoms with E-state index in [1.165, 1.54) is 6.20 Å². The van der Waals surface area contributed by atoms with Crippen molar-refractivity contribution in [3.05, 3.63) is 16.3 Å². The van der Waals surface area contributed by atoms with E-state index in [1.807, 2.05) is 11.8 Å². The average Bonchev–Trinajstić information content (AvgIpc) is 2.77. The van der Waals surface area contributed by atoms with Crippen molar-refractivity contribution in [1.82, 2.24) is 9.78 Å². The molecular formula is C12H19N5O3. The molecule has 1 aliphatic rings. The number of aromatic nitrogens is 2. The Balaban J connectivity index is 2.29. The van der Waals surface area contributed by atoms with Crippen LogP contribution in [0.5, 0.6) is 0 Å². The van der Waals surface area contributed by atoms with Crippen molar-refractivity contribution in [3.8, 4) is 0 Å². The van der Waals surface area contributed by atoms with Crippen LogP contribution in [0.2, 0.25) is 0 Å². The molecule has 8 heteroatoms. The van der Waals surface area contributed by atoms with Crippen LogP contribution in [0.3, 0.4) is 0 Å². The molecule has 2 atom stereocenters. The third-order valence-corrected chi connectivity index (χ3v) is 3.66. The van der Waals surface area contributed by atoms with E-state index < -0.39 is 11.0 Å². The molecule has 8 nitrogen and oxygen atoms in total. The molecule has 0 bridgehead atoms. The molecular weight excluding hydrogens is 262 g/mol. The zero-order valence-electron chi connectivity index (χ0n) is 11.5. The molecule has 0 radical (unpaired) electrons. The number of aliphatic hydroxyl groups is 1. The van der Waals surface area contributed by atoms with E-state index >= 15 is 0 Å². The highest BCUT2D eigenvalue weighted by Gasteiger charge is 2.30. The predicted octanol–water partition coefficient (Wildman–Crippen LogP) is 0.841. The summed E-state index contributed by atoms with van der Waals surface area (Å²) in [5.74, 6) is 0.509. The van der Waals surface area contributed by atoms with Crippen LogP contribution in [0.1, 0.15) is 19.8 Å². The van der Waals surface area contributed by atoms with E-state index in [2.05, 4.69) is 16.8 Å². The Kier molecular flexibility index (Phi) is 4.33. The van der Waals surface area contributed by atoms with Crippen LogP contribution in [-0.2, 0) is 6.54 Å². The number of hydrogen-bond donors (Lipinski definition) is 1. The minimum Gasteiger partial charge on any atom is -0.391 e. The van der Waals surface area contributed by atoms with Gasteiger partial charge >= 0.3 is 5.69 Å². The zero-order valence-corrected chi connectivity index (χ0v) is 11.5. The monoisotopic (exact) mass is 281 g/mol. The highest BCUT2D eigenvalue weighted by molar-refractivity contribution is 5.57. The van der Waals surface area contributed by atoms with Gasteiger partial charge in [0.15, 0.2) is 0 Å². The SMILES string of the molecule is C=N[C@H]1CCN(c2c([N+](=O)[O-])cnn2CC)CC[C@H]1O. The summed E-state index contributed by atoms with van der Waals surface area (Å²) < 4.78 is 1.62. The molecule has 0 saturated carbocycles. The maximum Gasteiger partial charge on any atom is 0.331 e. The molecule has 1 saturated heterocycles. The molecule has 20 heavy (non-hydrogen) atoms. The number of aryl methyl sites for hydroxylation is 1. The van der Waals surface area contributed by atoms with E-state index in [9.17, 15) is 15.2 Å². The van der Waals surface area contributed by atoms with Crippen LogP contribution < -0.4 is 4.90 Å². The van der Waals surface area contributed by atoms with Gasteiger partial charge in [0.2, 0.25) is 5.82 Å². The first-order valence-corrected chi connectivity index (χ1v) is 6.67. The van der Waals surface area contributed by atoms with Gasteiger partial charge in [0.05, 0.1) is 17.1 Å². The number of nitro groups is 1. The van der Waals surface area contributed by atoms with Crippen LogP contribution >= 0.6 is 0 Å². The second kappa shape index (κ2) is 6.00. The van der Waals surface area contributed by atoms with Gasteiger partial charge < -0.3 is 10.0 Å². The van der Waals surface area contributed by atoms with Crippen LogP contribution in [0.4, 0.5) is 11.5 Å². The van der Waals surface area contributed by atoms with Crippen molar-refractivity contribution in [2.75, 3.05) is 18.0 Å². The fourth-order valence-electron chi connectivity index (χ4n) is 2.55. The second-order valence-corrected chi connectivity index (χ2v) is 4.81. The summed E-state index contributed by atoms with van der Waals surface area (Å²) in [7, 11) is 0. The van der Waals surface area contributed by atoms with E-state index in [0.717, 1.165) is 0 Å². The molecule has 0 aliphatic carbocycles. The first-order valence-electron chi connectivity index (χ1n) is 6.67. The summed E-state index contributed by atoms with van der Waals surface area (Å²) in [6, 6.07) is -0.211. The predicted molar refractivity (Wildman–Crippen MR) is 75.3 cm³/mol. The van der Waals surface area contributed by atoms with Gasteiger partial charge in [-0.05, 0) is 26.5 Å². The Hall–Kier alpha value is -1.96. The van der Waals surface area contributed by atoms with Gasteiger partial charge in [0.1, 0.15) is 6.20 Å². The lowest BCUT2D eigenvalue weighted by molar-refractivity contribution is -0.384. The molecule has 1 aromatic rings. The largest absolute Gasteiger partial charge is 0.391 e. The fraction of sp³-hybridized carbons (Fsp3) is 0.667. The van der Waals surface area contributed by atoms with Crippen molar-refractivity contribution in [1.29, 1.82) is 0 Å². The summed E-state index contributed by atoms with van der Waals surface area (Å²) in [5.41, 5.74) is 0.00588. The molecule has 2 heterocycles. The molecule has 0 unspecified atom stereocenters. The zero-order chi connectivity index (χ0) is 14.7. The van der Waals surface area contributed by atoms with Crippen molar-refractivity contribution in [2.45, 2.75) is 38.5 Å². The first kappa shape index (κ1) is 14.4. The first-order chi connectivity index (χ1) is 9.58. The normalized spacial score (nSPS) is 23.4. The Morgan fingerprint density at radius 2 is 2.30 bits per heavy atom. The molecule has 0 amide bonds. The summed E-state index contributed by atoms with van der Waals surface area (Å²) in [5, 5.41) is 25.1. The van der Waals surface area contributed by atoms with Crippen LogP contribution in [0.15, 0.2) is 11.2 Å². The van der Waals surface area contributed by atoms with Crippen molar-refractivity contribution in [2.24, 2.45) is 4.99 Å². The second-order valence-electron chi connectivity index (χ2n) is 4.81. The van der Waals surface area contributed by atoms with Gasteiger partial charge in [-0.1, -0.05) is 0 Å². The van der Waals surface area contributed by atoms with E-state index in [4.69, 9.17) is 0 Å². The molecule has 0 aromatic carbocycles. The van der Waals surface area contributed by atoms with E-state index in [-0.39, 0.29) is 11.7 Å². The maximum absolute atomic E-state index is 11.1. The van der Waals surface area contributed by atoms with Gasteiger partial charge in [-0.3, -0.25) is 15.1 Å². The van der Waals surface area contributed by atoms with E-state index in [1.54, 1.807) is 4.68 Å². The number of anilines is 1. The van der Waals surface area contributed by atoms with Gasteiger partial charge in [-0.25, -0.2) is 4.68 Å². The number of nitrogens with zero attached hydrogens (tertiary/aromatic N) is 5. The molecule has 1 fully saturated rings.